The van der Waals surface area contributed by atoms with E-state index >= 15 is 0 Å². The second-order valence-corrected chi connectivity index (χ2v) is 9.80. The largest absolute Gasteiger partial charge is 0.397 e. The van der Waals surface area contributed by atoms with Crippen molar-refractivity contribution >= 4 is 22.9 Å². The third-order valence-corrected chi connectivity index (χ3v) is 7.19. The average Bonchev–Trinajstić information content (AvgIpc) is 3.33. The number of rotatable bonds is 7. The topological polar surface area (TPSA) is 130 Å². The Labute approximate surface area is 221 Å². The van der Waals surface area contributed by atoms with Gasteiger partial charge in [-0.1, -0.05) is 19.1 Å². The van der Waals surface area contributed by atoms with E-state index in [4.69, 9.17) is 11.1 Å². The zero-order chi connectivity index (χ0) is 26.2. The highest BCUT2D eigenvalue weighted by Crippen LogP contribution is 2.34. The summed E-state index contributed by atoms with van der Waals surface area (Å²) in [6, 6.07) is 5.81. The molecule has 0 aromatic carbocycles. The van der Waals surface area contributed by atoms with Crippen LogP contribution in [0.3, 0.4) is 0 Å². The summed E-state index contributed by atoms with van der Waals surface area (Å²) in [5.74, 6) is 1.25. The lowest BCUT2D eigenvalue weighted by atomic mass is 9.83. The minimum Gasteiger partial charge on any atom is -0.397 e. The molecule has 9 heteroatoms. The molecule has 5 N–H and O–H groups in total. The highest BCUT2D eigenvalue weighted by atomic mass is 15.1. The molecule has 1 saturated carbocycles. The maximum atomic E-state index is 8.97. The van der Waals surface area contributed by atoms with Crippen LogP contribution in [0.15, 0.2) is 79.6 Å². The van der Waals surface area contributed by atoms with E-state index in [-0.39, 0.29) is 5.71 Å². The van der Waals surface area contributed by atoms with Crippen LogP contribution in [0.25, 0.3) is 16.9 Å². The fourth-order valence-electron chi connectivity index (χ4n) is 4.81. The number of nitrogen functional groups attached to an aromatic ring is 1. The lowest BCUT2D eigenvalue weighted by molar-refractivity contribution is 0.371. The second kappa shape index (κ2) is 9.59. The number of nitrogens with two attached hydrogens (primary N) is 1. The highest BCUT2D eigenvalue weighted by Gasteiger charge is 2.22. The van der Waals surface area contributed by atoms with Crippen molar-refractivity contribution in [3.8, 4) is 16.9 Å². The molecule has 0 bridgehead atoms. The molecule has 0 spiro atoms. The Balaban J connectivity index is 1.25. The van der Waals surface area contributed by atoms with Crippen molar-refractivity contribution in [1.29, 1.82) is 5.41 Å². The van der Waals surface area contributed by atoms with E-state index in [1.54, 1.807) is 31.1 Å². The molecule has 1 aliphatic heterocycles. The first-order chi connectivity index (χ1) is 18.5. The summed E-state index contributed by atoms with van der Waals surface area (Å²) in [5, 5.41) is 15.7. The molecule has 0 atom stereocenters. The third-order valence-electron chi connectivity index (χ3n) is 7.19. The zero-order valence-electron chi connectivity index (χ0n) is 21.2. The Morgan fingerprint density at radius 3 is 2.82 bits per heavy atom. The van der Waals surface area contributed by atoms with Gasteiger partial charge in [0.1, 0.15) is 5.82 Å². The minimum atomic E-state index is 0.281. The summed E-state index contributed by atoms with van der Waals surface area (Å²) in [5.41, 5.74) is 14.7. The number of aromatic nitrogens is 5. The molecule has 6 rings (SSSR count). The number of fused-ring (bicyclic) bond motifs is 1. The van der Waals surface area contributed by atoms with E-state index in [9.17, 15) is 0 Å². The Kier molecular flexibility index (Phi) is 5.95. The molecule has 0 amide bonds. The summed E-state index contributed by atoms with van der Waals surface area (Å²) in [7, 11) is 0. The number of aryl methyl sites for hydroxylation is 1. The van der Waals surface area contributed by atoms with Gasteiger partial charge in [-0.25, -0.2) is 9.97 Å². The molecule has 5 heterocycles. The van der Waals surface area contributed by atoms with Crippen molar-refractivity contribution in [2.75, 3.05) is 16.4 Å². The summed E-state index contributed by atoms with van der Waals surface area (Å²) >= 11 is 0. The van der Waals surface area contributed by atoms with Crippen LogP contribution < -0.4 is 16.4 Å². The van der Waals surface area contributed by atoms with Crippen LogP contribution in [0.5, 0.6) is 0 Å². The maximum Gasteiger partial charge on any atom is 0.135 e. The highest BCUT2D eigenvalue weighted by molar-refractivity contribution is 6.15. The summed E-state index contributed by atoms with van der Waals surface area (Å²) in [4.78, 5) is 17.8. The predicted molar refractivity (Wildman–Crippen MR) is 150 cm³/mol. The second-order valence-electron chi connectivity index (χ2n) is 9.80. The van der Waals surface area contributed by atoms with Crippen LogP contribution in [0.2, 0.25) is 0 Å². The number of pyridine rings is 3. The van der Waals surface area contributed by atoms with Gasteiger partial charge in [0.2, 0.25) is 0 Å². The first-order valence-corrected chi connectivity index (χ1v) is 12.7. The van der Waals surface area contributed by atoms with Gasteiger partial charge in [0.15, 0.2) is 0 Å². The molecule has 4 aromatic rings. The number of hydrogen-bond acceptors (Lipinski definition) is 8. The summed E-state index contributed by atoms with van der Waals surface area (Å²) < 4.78 is 1.99. The van der Waals surface area contributed by atoms with E-state index in [0.29, 0.717) is 35.0 Å². The SMILES string of the molecule is C=C(Nc1cncc(-c2cc(C(=N)C3=CCc4c(-n5cnc(C)c5)ccnc4N3)c(N)cn2)c1)C1CCC1. The first kappa shape index (κ1) is 23.6. The molecule has 4 aromatic heterocycles. The van der Waals surface area contributed by atoms with Gasteiger partial charge >= 0.3 is 0 Å². The summed E-state index contributed by atoms with van der Waals surface area (Å²) in [6.07, 6.45) is 16.9. The van der Waals surface area contributed by atoms with Gasteiger partial charge in [-0.05, 0) is 50.3 Å². The number of nitrogens with zero attached hydrogens (tertiary/aromatic N) is 5. The predicted octanol–water partition coefficient (Wildman–Crippen LogP) is 5.26. The molecule has 190 valence electrons. The number of imidazole rings is 1. The Morgan fingerprint density at radius 2 is 2.05 bits per heavy atom. The zero-order valence-corrected chi connectivity index (χ0v) is 21.2. The first-order valence-electron chi connectivity index (χ1n) is 12.7. The fourth-order valence-corrected chi connectivity index (χ4v) is 4.81. The fraction of sp³-hybridized carbons (Fsp3) is 0.207. The molecule has 1 aliphatic carbocycles. The van der Waals surface area contributed by atoms with E-state index in [0.717, 1.165) is 39.7 Å². The van der Waals surface area contributed by atoms with Crippen molar-refractivity contribution in [3.05, 3.63) is 96.4 Å². The van der Waals surface area contributed by atoms with Crippen LogP contribution >= 0.6 is 0 Å². The smallest absolute Gasteiger partial charge is 0.135 e. The standard InChI is InChI=1S/C29H29N9/c1-17-15-38(16-35-17)27-8-9-33-29-22(27)6-7-25(37-29)28(31)23-11-26(34-14-24(23)30)20-10-21(13-32-12-20)36-18(2)19-4-3-5-19/h7-16,19,31,36H,2-6,30H2,1H3,(H,33,37). The Hall–Kier alpha value is -4.79. The summed E-state index contributed by atoms with van der Waals surface area (Å²) in [6.45, 7) is 6.16. The molecule has 1 fully saturated rings. The number of allylic oxidation sites excluding steroid dienone is 3. The molecule has 0 saturated heterocycles. The van der Waals surface area contributed by atoms with Gasteiger partial charge in [0.25, 0.3) is 0 Å². The van der Waals surface area contributed by atoms with Gasteiger partial charge in [-0.3, -0.25) is 15.4 Å². The molecule has 2 aliphatic rings. The van der Waals surface area contributed by atoms with Gasteiger partial charge in [0, 0.05) is 41.0 Å². The molecular formula is C29H29N9. The van der Waals surface area contributed by atoms with Crippen LogP contribution in [0.1, 0.15) is 36.1 Å². The van der Waals surface area contributed by atoms with E-state index < -0.39 is 0 Å². The Bertz CT molecular complexity index is 1590. The van der Waals surface area contributed by atoms with Crippen molar-refractivity contribution < 1.29 is 0 Å². The Morgan fingerprint density at radius 1 is 1.18 bits per heavy atom. The number of anilines is 3. The quantitative estimate of drug-likeness (QED) is 0.253. The number of hydrogen-bond donors (Lipinski definition) is 4. The lowest BCUT2D eigenvalue weighted by Crippen LogP contribution is -2.20. The van der Waals surface area contributed by atoms with Gasteiger partial charge in [-0.2, -0.15) is 0 Å². The number of nitrogens with one attached hydrogen (secondary N) is 3. The molecule has 0 unspecified atom stereocenters. The lowest BCUT2D eigenvalue weighted by Gasteiger charge is -2.28. The molecular weight excluding hydrogens is 474 g/mol. The normalized spacial score (nSPS) is 14.6. The van der Waals surface area contributed by atoms with E-state index in [2.05, 4.69) is 37.1 Å². The van der Waals surface area contributed by atoms with Gasteiger partial charge in [0.05, 0.1) is 58.6 Å². The minimum absolute atomic E-state index is 0.281. The molecule has 38 heavy (non-hydrogen) atoms. The average molecular weight is 504 g/mol. The van der Waals surface area contributed by atoms with Crippen LogP contribution in [0.4, 0.5) is 17.2 Å². The third kappa shape index (κ3) is 4.43. The van der Waals surface area contributed by atoms with Crippen LogP contribution in [-0.4, -0.2) is 30.2 Å². The van der Waals surface area contributed by atoms with Crippen LogP contribution in [-0.2, 0) is 6.42 Å². The van der Waals surface area contributed by atoms with Crippen molar-refractivity contribution in [2.24, 2.45) is 5.92 Å². The van der Waals surface area contributed by atoms with Crippen molar-refractivity contribution in [2.45, 2.75) is 32.6 Å². The van der Waals surface area contributed by atoms with Gasteiger partial charge < -0.3 is 20.9 Å². The monoisotopic (exact) mass is 503 g/mol. The van der Waals surface area contributed by atoms with Gasteiger partial charge in [-0.15, -0.1) is 0 Å². The van der Waals surface area contributed by atoms with Crippen LogP contribution in [0, 0.1) is 18.3 Å². The van der Waals surface area contributed by atoms with E-state index in [1.165, 1.54) is 19.3 Å². The molecule has 0 radical (unpaired) electrons. The maximum absolute atomic E-state index is 8.97. The molecule has 9 nitrogen and oxygen atoms in total. The van der Waals surface area contributed by atoms with Crippen molar-refractivity contribution in [3.63, 3.8) is 0 Å². The van der Waals surface area contributed by atoms with E-state index in [1.807, 2.05) is 42.0 Å². The van der Waals surface area contributed by atoms with Crippen molar-refractivity contribution in [1.82, 2.24) is 24.5 Å².